The molecule has 2 nitrogen and oxygen atoms in total. The minimum Gasteiger partial charge on any atom is -0.383 e. The van der Waals surface area contributed by atoms with Crippen LogP contribution in [0.4, 0.5) is 5.69 Å². The number of nitrogens with zero attached hydrogens (tertiary/aromatic N) is 1. The molecular formula is C7H8BrClN2. The lowest BCUT2D eigenvalue weighted by Gasteiger charge is -2.02. The Labute approximate surface area is 79.1 Å². The molecule has 0 amide bonds. The maximum Gasteiger partial charge on any atom is 0.0538 e. The molecule has 1 aromatic rings. The first-order chi connectivity index (χ1) is 5.33. The summed E-state index contributed by atoms with van der Waals surface area (Å²) in [6.07, 6.45) is 3.50. The number of nitrogens with one attached hydrogen (secondary N) is 1. The summed E-state index contributed by atoms with van der Waals surface area (Å²) < 4.78 is 0.970. The van der Waals surface area contributed by atoms with Gasteiger partial charge in [-0.2, -0.15) is 0 Å². The first-order valence-corrected chi connectivity index (χ1v) is 4.56. The van der Waals surface area contributed by atoms with Crippen molar-refractivity contribution < 1.29 is 0 Å². The summed E-state index contributed by atoms with van der Waals surface area (Å²) in [6.45, 7) is 0.764. The standard InChI is InChI=1S/C7H8BrClN2/c8-6-3-7(5-10-4-6)11-2-1-9/h3-5,11H,1-2H2. The SMILES string of the molecule is ClCCNc1cncc(Br)c1. The van der Waals surface area contributed by atoms with Gasteiger partial charge in [-0.15, -0.1) is 11.6 Å². The fourth-order valence-corrected chi connectivity index (χ4v) is 1.16. The average Bonchev–Trinajstić information content (AvgIpc) is 2.01. The van der Waals surface area contributed by atoms with Crippen LogP contribution >= 0.6 is 27.5 Å². The van der Waals surface area contributed by atoms with Crippen LogP contribution in [-0.2, 0) is 0 Å². The number of rotatable bonds is 3. The highest BCUT2D eigenvalue weighted by atomic mass is 79.9. The Morgan fingerprint density at radius 1 is 1.55 bits per heavy atom. The molecule has 0 bridgehead atoms. The molecule has 1 N–H and O–H groups in total. The Morgan fingerprint density at radius 2 is 2.36 bits per heavy atom. The van der Waals surface area contributed by atoms with Crippen molar-refractivity contribution in [3.05, 3.63) is 22.9 Å². The molecule has 1 rings (SSSR count). The normalized spacial score (nSPS) is 9.64. The largest absolute Gasteiger partial charge is 0.383 e. The van der Waals surface area contributed by atoms with Gasteiger partial charge in [-0.05, 0) is 22.0 Å². The molecule has 0 radical (unpaired) electrons. The summed E-state index contributed by atoms with van der Waals surface area (Å²) in [5.41, 5.74) is 0.986. The van der Waals surface area contributed by atoms with Gasteiger partial charge in [0.15, 0.2) is 0 Å². The quantitative estimate of drug-likeness (QED) is 0.814. The predicted octanol–water partition coefficient (Wildman–Crippen LogP) is 2.49. The Morgan fingerprint density at radius 3 is 3.00 bits per heavy atom. The minimum atomic E-state index is 0.604. The second-order valence-electron chi connectivity index (χ2n) is 2.01. The lowest BCUT2D eigenvalue weighted by molar-refractivity contribution is 1.19. The monoisotopic (exact) mass is 234 g/mol. The van der Waals surface area contributed by atoms with Gasteiger partial charge in [0.2, 0.25) is 0 Å². The summed E-state index contributed by atoms with van der Waals surface area (Å²) in [4.78, 5) is 3.98. The lowest BCUT2D eigenvalue weighted by atomic mass is 10.4. The highest BCUT2D eigenvalue weighted by Crippen LogP contribution is 2.12. The van der Waals surface area contributed by atoms with E-state index in [1.54, 1.807) is 12.4 Å². The second kappa shape index (κ2) is 4.57. The number of hydrogen-bond acceptors (Lipinski definition) is 2. The van der Waals surface area contributed by atoms with Crippen LogP contribution in [0.25, 0.3) is 0 Å². The summed E-state index contributed by atoms with van der Waals surface area (Å²) >= 11 is 8.82. The predicted molar refractivity (Wildman–Crippen MR) is 51.1 cm³/mol. The van der Waals surface area contributed by atoms with Crippen LogP contribution in [-0.4, -0.2) is 17.4 Å². The molecule has 1 heterocycles. The summed E-state index contributed by atoms with van der Waals surface area (Å²) in [6, 6.07) is 1.96. The molecule has 11 heavy (non-hydrogen) atoms. The zero-order valence-corrected chi connectivity index (χ0v) is 8.19. The van der Waals surface area contributed by atoms with Crippen molar-refractivity contribution in [2.45, 2.75) is 0 Å². The van der Waals surface area contributed by atoms with Gasteiger partial charge in [-0.3, -0.25) is 4.98 Å². The smallest absolute Gasteiger partial charge is 0.0538 e. The third-order valence-electron chi connectivity index (χ3n) is 1.13. The second-order valence-corrected chi connectivity index (χ2v) is 3.30. The molecule has 0 unspecified atom stereocenters. The van der Waals surface area contributed by atoms with Gasteiger partial charge in [0.25, 0.3) is 0 Å². The topological polar surface area (TPSA) is 24.9 Å². The Balaban J connectivity index is 2.56. The molecule has 1 aromatic heterocycles. The van der Waals surface area contributed by atoms with E-state index in [0.29, 0.717) is 5.88 Å². The fourth-order valence-electron chi connectivity index (χ4n) is 0.700. The molecule has 0 fully saturated rings. The van der Waals surface area contributed by atoms with Crippen LogP contribution in [0, 0.1) is 0 Å². The van der Waals surface area contributed by atoms with Gasteiger partial charge in [0.05, 0.1) is 11.9 Å². The maximum atomic E-state index is 5.50. The highest BCUT2D eigenvalue weighted by Gasteiger charge is 1.91. The maximum absolute atomic E-state index is 5.50. The van der Waals surface area contributed by atoms with E-state index in [1.165, 1.54) is 0 Å². The van der Waals surface area contributed by atoms with Crippen molar-refractivity contribution in [2.24, 2.45) is 0 Å². The third-order valence-corrected chi connectivity index (χ3v) is 1.75. The lowest BCUT2D eigenvalue weighted by Crippen LogP contribution is -2.02. The van der Waals surface area contributed by atoms with E-state index < -0.39 is 0 Å². The van der Waals surface area contributed by atoms with Crippen molar-refractivity contribution >= 4 is 33.2 Å². The number of halogens is 2. The molecule has 0 aliphatic carbocycles. The number of anilines is 1. The van der Waals surface area contributed by atoms with Gasteiger partial charge in [0, 0.05) is 23.1 Å². The number of aromatic nitrogens is 1. The van der Waals surface area contributed by atoms with Crippen LogP contribution in [0.1, 0.15) is 0 Å². The van der Waals surface area contributed by atoms with Gasteiger partial charge >= 0.3 is 0 Å². The summed E-state index contributed by atoms with van der Waals surface area (Å²) in [7, 11) is 0. The van der Waals surface area contributed by atoms with Crippen molar-refractivity contribution in [3.8, 4) is 0 Å². The molecule has 0 saturated heterocycles. The minimum absolute atomic E-state index is 0.604. The molecule has 0 aromatic carbocycles. The van der Waals surface area contributed by atoms with E-state index in [1.807, 2.05) is 6.07 Å². The average molecular weight is 236 g/mol. The zero-order chi connectivity index (χ0) is 8.10. The van der Waals surface area contributed by atoms with Gasteiger partial charge < -0.3 is 5.32 Å². The summed E-state index contributed by atoms with van der Waals surface area (Å²) in [5, 5.41) is 3.11. The van der Waals surface area contributed by atoms with Crippen LogP contribution in [0.5, 0.6) is 0 Å². The molecule has 4 heteroatoms. The van der Waals surface area contributed by atoms with Crippen LogP contribution in [0.15, 0.2) is 22.9 Å². The highest BCUT2D eigenvalue weighted by molar-refractivity contribution is 9.10. The van der Waals surface area contributed by atoms with Crippen molar-refractivity contribution in [1.82, 2.24) is 4.98 Å². The molecule has 60 valence electrons. The molecule has 0 spiro atoms. The molecule has 0 aliphatic rings. The van der Waals surface area contributed by atoms with Crippen LogP contribution in [0.2, 0.25) is 0 Å². The fraction of sp³-hybridized carbons (Fsp3) is 0.286. The van der Waals surface area contributed by atoms with E-state index >= 15 is 0 Å². The molecular weight excluding hydrogens is 227 g/mol. The van der Waals surface area contributed by atoms with Crippen molar-refractivity contribution in [2.75, 3.05) is 17.7 Å². The first kappa shape index (κ1) is 8.81. The number of alkyl halides is 1. The Kier molecular flexibility index (Phi) is 3.66. The molecule has 0 saturated carbocycles. The summed E-state index contributed by atoms with van der Waals surface area (Å²) in [5.74, 6) is 0.604. The molecule has 0 atom stereocenters. The van der Waals surface area contributed by atoms with Gasteiger partial charge in [-0.1, -0.05) is 0 Å². The van der Waals surface area contributed by atoms with Gasteiger partial charge in [0.1, 0.15) is 0 Å². The Hall–Kier alpha value is -0.280. The van der Waals surface area contributed by atoms with E-state index in [9.17, 15) is 0 Å². The van der Waals surface area contributed by atoms with Gasteiger partial charge in [-0.25, -0.2) is 0 Å². The van der Waals surface area contributed by atoms with E-state index in [2.05, 4.69) is 26.2 Å². The first-order valence-electron chi connectivity index (χ1n) is 3.23. The Bertz CT molecular complexity index is 229. The van der Waals surface area contributed by atoms with E-state index in [-0.39, 0.29) is 0 Å². The van der Waals surface area contributed by atoms with Crippen molar-refractivity contribution in [1.29, 1.82) is 0 Å². The third kappa shape index (κ3) is 3.08. The van der Waals surface area contributed by atoms with Crippen LogP contribution < -0.4 is 5.32 Å². The molecule has 0 aliphatic heterocycles. The van der Waals surface area contributed by atoms with E-state index in [0.717, 1.165) is 16.7 Å². The zero-order valence-electron chi connectivity index (χ0n) is 5.85. The van der Waals surface area contributed by atoms with Crippen LogP contribution in [0.3, 0.4) is 0 Å². The van der Waals surface area contributed by atoms with Crippen molar-refractivity contribution in [3.63, 3.8) is 0 Å². The number of hydrogen-bond donors (Lipinski definition) is 1. The number of pyridine rings is 1. The van der Waals surface area contributed by atoms with E-state index in [4.69, 9.17) is 11.6 Å².